The minimum Gasteiger partial charge on any atom is -0.759 e. The molecule has 0 spiro atoms. The molecule has 28 N–H and O–H groups in total. The van der Waals surface area contributed by atoms with Crippen LogP contribution in [0.4, 0.5) is 0 Å². The Hall–Kier alpha value is -0.131. The predicted molar refractivity (Wildman–Crippen MR) is 59.8 cm³/mol. The minimum atomic E-state index is -5.17. The van der Waals surface area contributed by atoms with Gasteiger partial charge in [-0.25, -0.2) is 0 Å². The van der Waals surface area contributed by atoms with Crippen molar-refractivity contribution >= 4 is 10.4 Å². The van der Waals surface area contributed by atoms with E-state index < -0.39 is 10.4 Å². The fourth-order valence-electron chi connectivity index (χ4n) is 0. The van der Waals surface area contributed by atoms with Crippen LogP contribution in [-0.4, -0.2) is 83.2 Å². The van der Waals surface area contributed by atoms with Gasteiger partial charge >= 0.3 is 17.1 Å². The van der Waals surface area contributed by atoms with Gasteiger partial charge in [-0.3, -0.25) is 8.42 Å². The van der Waals surface area contributed by atoms with Crippen LogP contribution in [0.1, 0.15) is 0 Å². The van der Waals surface area contributed by atoms with Crippen molar-refractivity contribution in [3.63, 3.8) is 0 Å². The molecule has 0 aliphatic rings. The number of rotatable bonds is 0. The van der Waals surface area contributed by atoms with Crippen LogP contribution >= 0.6 is 0 Å². The molecule has 0 unspecified atom stereocenters. The number of hydrogen-bond donors (Lipinski definition) is 1. The monoisotopic (exact) mass is 386 g/mol. The van der Waals surface area contributed by atoms with Gasteiger partial charge in [-0.15, -0.1) is 0 Å². The van der Waals surface area contributed by atoms with Gasteiger partial charge in [-0.05, 0) is 0 Å². The van der Waals surface area contributed by atoms with E-state index in [-0.39, 0.29) is 88.9 Å². The molecule has 0 aromatic heterocycles. The summed E-state index contributed by atoms with van der Waals surface area (Å²) in [6.07, 6.45) is 0. The van der Waals surface area contributed by atoms with Crippen LogP contribution in [0.25, 0.3) is 0 Å². The Morgan fingerprint density at radius 3 is 0.474 bits per heavy atom. The largest absolute Gasteiger partial charge is 2.00 e. The van der Waals surface area contributed by atoms with Crippen LogP contribution in [0.3, 0.4) is 0 Å². The molecule has 0 saturated carbocycles. The molecular weight excluding hydrogens is 358 g/mol. The van der Waals surface area contributed by atoms with Gasteiger partial charge in [0.1, 0.15) is 0 Å². The maximum Gasteiger partial charge on any atom is 2.00 e. The minimum absolute atomic E-state index is 0. The van der Waals surface area contributed by atoms with Gasteiger partial charge in [-0.2, -0.15) is 0 Å². The third-order valence-electron chi connectivity index (χ3n) is 0. The Morgan fingerprint density at radius 1 is 0.474 bits per heavy atom. The van der Waals surface area contributed by atoms with Gasteiger partial charge in [0.2, 0.25) is 0 Å². The van der Waals surface area contributed by atoms with Gasteiger partial charge in [0.05, 0.1) is 0 Å². The zero-order chi connectivity index (χ0) is 4.50. The molecular formula is H28FeNO16S+. The number of hydrogen-bond acceptors (Lipinski definition) is 4. The zero-order valence-corrected chi connectivity index (χ0v) is 11.3. The van der Waals surface area contributed by atoms with E-state index in [9.17, 15) is 0 Å². The quantitative estimate of drug-likeness (QED) is 0.240. The molecule has 0 bridgehead atoms. The first-order valence-electron chi connectivity index (χ1n) is 0.667. The average molecular weight is 386 g/mol. The topological polar surface area (TPSA) is 495 Å². The van der Waals surface area contributed by atoms with Crippen LogP contribution in [0, 0.1) is 0 Å². The third-order valence-corrected chi connectivity index (χ3v) is 0. The normalized spacial score (nSPS) is 3.05. The van der Waals surface area contributed by atoms with Crippen molar-refractivity contribution < 1.29 is 100 Å². The summed E-state index contributed by atoms with van der Waals surface area (Å²) in [5.74, 6) is 0. The zero-order valence-electron chi connectivity index (χ0n) is 9.39. The predicted octanol–water partition coefficient (Wildman–Crippen LogP) is -10.9. The molecule has 0 aliphatic heterocycles. The molecule has 0 aromatic rings. The summed E-state index contributed by atoms with van der Waals surface area (Å²) < 4.78 is 34.1. The first-order chi connectivity index (χ1) is 2.00. The molecule has 17 nitrogen and oxygen atoms in total. The van der Waals surface area contributed by atoms with Crippen molar-refractivity contribution in [1.82, 2.24) is 6.15 Å². The second-order valence-corrected chi connectivity index (χ2v) is 1.22. The van der Waals surface area contributed by atoms with E-state index in [1.165, 1.54) is 0 Å². The van der Waals surface area contributed by atoms with Crippen molar-refractivity contribution in [3.8, 4) is 0 Å². The van der Waals surface area contributed by atoms with Crippen molar-refractivity contribution in [2.24, 2.45) is 0 Å². The van der Waals surface area contributed by atoms with Gasteiger partial charge in [0.15, 0.2) is 0 Å². The summed E-state index contributed by atoms with van der Waals surface area (Å²) in [4.78, 5) is 0. The van der Waals surface area contributed by atoms with Crippen LogP contribution in [0.15, 0.2) is 0 Å². The van der Waals surface area contributed by atoms with Gasteiger partial charge in [-0.1, -0.05) is 0 Å². The molecule has 0 radical (unpaired) electrons. The summed E-state index contributed by atoms with van der Waals surface area (Å²) in [6, 6.07) is 0. The maximum absolute atomic E-state index is 8.52. The fourth-order valence-corrected chi connectivity index (χ4v) is 0. The standard InChI is InChI=1S/Fe.H3N.H2O4S.12H2O/c;;1-5(2,3)4;;;;;;;;;;;;/h;1H3;(H2,1,2,3,4);12*1H2/q+2;;;;;;;;;;;;;;/p-1. The Balaban J connectivity index is -0.000000000879. The van der Waals surface area contributed by atoms with E-state index >= 15 is 0 Å². The maximum atomic E-state index is 8.52. The molecule has 0 fully saturated rings. The Bertz CT molecular complexity index is 99.9. The first kappa shape index (κ1) is 402. The molecule has 0 rings (SSSR count). The molecule has 0 saturated heterocycles. The second kappa shape index (κ2) is 148. The Morgan fingerprint density at radius 2 is 0.474 bits per heavy atom. The molecule has 0 heterocycles. The Kier molecular flexibility index (Phi) is 3130. The third kappa shape index (κ3) is 264000. The SMILES string of the molecule is O.O.O.O.O.O.O.O.O.O.O.O.O=S(=O)([O-])[O-].[Fe+2].[NH4+]. The fraction of sp³-hybridized carbons (Fsp3) is 0. The molecule has 19 heavy (non-hydrogen) atoms. The van der Waals surface area contributed by atoms with Crippen LogP contribution in [0.2, 0.25) is 0 Å². The summed E-state index contributed by atoms with van der Waals surface area (Å²) in [7, 11) is -5.17. The van der Waals surface area contributed by atoms with Crippen LogP contribution in [-0.2, 0) is 27.5 Å². The van der Waals surface area contributed by atoms with Gasteiger partial charge in [0.25, 0.3) is 0 Å². The molecule has 0 aliphatic carbocycles. The van der Waals surface area contributed by atoms with E-state index in [1.54, 1.807) is 0 Å². The van der Waals surface area contributed by atoms with Crippen molar-refractivity contribution in [2.75, 3.05) is 0 Å². The molecule has 0 atom stereocenters. The second-order valence-electron chi connectivity index (χ2n) is 0.408. The molecule has 0 amide bonds. The smallest absolute Gasteiger partial charge is 0.759 e. The summed E-state index contributed by atoms with van der Waals surface area (Å²) in [6.45, 7) is 0. The van der Waals surface area contributed by atoms with Crippen molar-refractivity contribution in [2.45, 2.75) is 0 Å². The van der Waals surface area contributed by atoms with Gasteiger partial charge in [0, 0.05) is 10.4 Å². The average Bonchev–Trinajstić information content (AvgIpc) is 0.722. The summed E-state index contributed by atoms with van der Waals surface area (Å²) >= 11 is 0. The van der Waals surface area contributed by atoms with Crippen LogP contribution in [0.5, 0.6) is 0 Å². The Labute approximate surface area is 118 Å². The van der Waals surface area contributed by atoms with Crippen molar-refractivity contribution in [3.05, 3.63) is 0 Å². The molecule has 0 aromatic carbocycles. The van der Waals surface area contributed by atoms with E-state index in [2.05, 4.69) is 0 Å². The summed E-state index contributed by atoms with van der Waals surface area (Å²) in [5.41, 5.74) is 0. The molecule has 19 heteroatoms. The van der Waals surface area contributed by atoms with Crippen molar-refractivity contribution in [1.29, 1.82) is 0 Å². The van der Waals surface area contributed by atoms with Crippen LogP contribution < -0.4 is 6.15 Å². The van der Waals surface area contributed by atoms with E-state index in [4.69, 9.17) is 17.5 Å². The molecule has 142 valence electrons. The van der Waals surface area contributed by atoms with E-state index in [1.807, 2.05) is 0 Å². The number of quaternary nitrogens is 1. The van der Waals surface area contributed by atoms with Gasteiger partial charge < -0.3 is 81.0 Å². The van der Waals surface area contributed by atoms with E-state index in [0.29, 0.717) is 0 Å². The van der Waals surface area contributed by atoms with E-state index in [0.717, 1.165) is 0 Å². The first-order valence-corrected chi connectivity index (χ1v) is 2.00. The summed E-state index contributed by atoms with van der Waals surface area (Å²) in [5, 5.41) is 0.